The number of hydrogen-bond acceptors (Lipinski definition) is 3. The van der Waals surface area contributed by atoms with Crippen LogP contribution in [0.25, 0.3) is 0 Å². The number of rotatable bonds is 4. The van der Waals surface area contributed by atoms with Gasteiger partial charge in [0.2, 0.25) is 0 Å². The topological polar surface area (TPSA) is 63.6 Å². The van der Waals surface area contributed by atoms with E-state index in [4.69, 9.17) is 4.74 Å². The molecular formula is C22H32O4. The van der Waals surface area contributed by atoms with Crippen LogP contribution in [0.2, 0.25) is 0 Å². The molecule has 0 aromatic heterocycles. The molecule has 4 nitrogen and oxygen atoms in total. The molecule has 1 N–H and O–H groups in total. The second kappa shape index (κ2) is 6.86. The van der Waals surface area contributed by atoms with Gasteiger partial charge in [-0.1, -0.05) is 39.0 Å². The Morgan fingerprint density at radius 1 is 1.31 bits per heavy atom. The quantitative estimate of drug-likeness (QED) is 0.744. The normalized spacial score (nSPS) is 39.0. The zero-order chi connectivity index (χ0) is 19.1. The summed E-state index contributed by atoms with van der Waals surface area (Å²) in [4.78, 5) is 23.6. The fraction of sp³-hybridized carbons (Fsp3) is 0.727. The van der Waals surface area contributed by atoms with Crippen LogP contribution in [-0.2, 0) is 14.3 Å². The maximum Gasteiger partial charge on any atom is 0.310 e. The Morgan fingerprint density at radius 2 is 2.04 bits per heavy atom. The fourth-order valence-corrected chi connectivity index (χ4v) is 6.07. The monoisotopic (exact) mass is 360 g/mol. The molecule has 144 valence electrons. The first-order valence-corrected chi connectivity index (χ1v) is 9.95. The molecule has 3 aliphatic rings. The van der Waals surface area contributed by atoms with E-state index in [1.807, 2.05) is 0 Å². The zero-order valence-electron chi connectivity index (χ0n) is 16.5. The van der Waals surface area contributed by atoms with Crippen LogP contribution in [0.4, 0.5) is 0 Å². The molecule has 0 spiro atoms. The lowest BCUT2D eigenvalue weighted by atomic mass is 9.50. The first-order valence-electron chi connectivity index (χ1n) is 9.95. The van der Waals surface area contributed by atoms with E-state index in [0.717, 1.165) is 37.7 Å². The number of carboxylic acids is 1. The standard InChI is InChI=1S/C22H32O4/c1-14(2)17-7-8-19-18-6-5-16(13-26-15(3)23)9-10-21(18,4)11-12-22(17,19)20(24)25/h5-6,9,14,17-19H,7-8,10-13H2,1-4H3,(H,24,25)/t17-,18+,19+,21-,22+/m1/s1. The van der Waals surface area contributed by atoms with Crippen molar-refractivity contribution in [3.8, 4) is 0 Å². The van der Waals surface area contributed by atoms with Crippen molar-refractivity contribution in [2.75, 3.05) is 6.61 Å². The van der Waals surface area contributed by atoms with Gasteiger partial charge in [0.05, 0.1) is 5.41 Å². The average molecular weight is 360 g/mol. The van der Waals surface area contributed by atoms with Crippen molar-refractivity contribution < 1.29 is 19.4 Å². The van der Waals surface area contributed by atoms with Crippen LogP contribution in [0.15, 0.2) is 23.8 Å². The van der Waals surface area contributed by atoms with E-state index in [9.17, 15) is 14.7 Å². The lowest BCUT2D eigenvalue weighted by molar-refractivity contribution is -0.164. The van der Waals surface area contributed by atoms with Gasteiger partial charge in [-0.05, 0) is 66.8 Å². The molecule has 0 aliphatic heterocycles. The third kappa shape index (κ3) is 3.01. The van der Waals surface area contributed by atoms with Gasteiger partial charge in [0.1, 0.15) is 6.61 Å². The number of esters is 1. The highest BCUT2D eigenvalue weighted by Gasteiger charge is 2.63. The lowest BCUT2D eigenvalue weighted by Gasteiger charge is -2.52. The summed E-state index contributed by atoms with van der Waals surface area (Å²) in [6.45, 7) is 8.38. The van der Waals surface area contributed by atoms with Gasteiger partial charge >= 0.3 is 11.9 Å². The van der Waals surface area contributed by atoms with Crippen molar-refractivity contribution in [1.82, 2.24) is 0 Å². The SMILES string of the molecule is CC(=O)OCC1=CC[C@]2(C)CC[C@]3(C(=O)O)[C@@H](C(C)C)CC[C@H]3[C@@H]2C=C1. The minimum absolute atomic E-state index is 0.0873. The van der Waals surface area contributed by atoms with Crippen LogP contribution >= 0.6 is 0 Å². The summed E-state index contributed by atoms with van der Waals surface area (Å²) in [5, 5.41) is 10.3. The average Bonchev–Trinajstić information content (AvgIpc) is 2.88. The zero-order valence-corrected chi connectivity index (χ0v) is 16.5. The molecule has 0 aromatic carbocycles. The van der Waals surface area contributed by atoms with Crippen molar-refractivity contribution in [2.45, 2.75) is 59.8 Å². The van der Waals surface area contributed by atoms with Crippen molar-refractivity contribution in [3.63, 3.8) is 0 Å². The summed E-state index contributed by atoms with van der Waals surface area (Å²) in [6, 6.07) is 0. The first kappa shape index (κ1) is 19.2. The third-order valence-electron chi connectivity index (χ3n) is 7.45. The Kier molecular flexibility index (Phi) is 5.06. The summed E-state index contributed by atoms with van der Waals surface area (Å²) in [5.74, 6) is 0.262. The Balaban J connectivity index is 1.92. The number of carbonyl (C=O) groups is 2. The summed E-state index contributed by atoms with van der Waals surface area (Å²) in [5.41, 5.74) is 0.530. The molecule has 3 rings (SSSR count). The Hall–Kier alpha value is -1.58. The highest BCUT2D eigenvalue weighted by atomic mass is 16.5. The van der Waals surface area contributed by atoms with Gasteiger partial charge in [-0.2, -0.15) is 0 Å². The number of allylic oxidation sites excluding steroid dienone is 2. The van der Waals surface area contributed by atoms with Crippen LogP contribution < -0.4 is 0 Å². The molecule has 0 bridgehead atoms. The molecule has 26 heavy (non-hydrogen) atoms. The van der Waals surface area contributed by atoms with E-state index < -0.39 is 11.4 Å². The number of carboxylic acid groups (broad SMARTS) is 1. The number of hydrogen-bond donors (Lipinski definition) is 1. The predicted molar refractivity (Wildman–Crippen MR) is 100 cm³/mol. The van der Waals surface area contributed by atoms with E-state index in [0.29, 0.717) is 12.5 Å². The molecule has 0 aromatic rings. The van der Waals surface area contributed by atoms with Gasteiger partial charge in [0, 0.05) is 6.92 Å². The van der Waals surface area contributed by atoms with Gasteiger partial charge in [-0.3, -0.25) is 9.59 Å². The minimum atomic E-state index is -0.591. The van der Waals surface area contributed by atoms with Gasteiger partial charge in [-0.25, -0.2) is 0 Å². The fourth-order valence-electron chi connectivity index (χ4n) is 6.07. The molecule has 0 amide bonds. The Morgan fingerprint density at radius 3 is 2.65 bits per heavy atom. The maximum absolute atomic E-state index is 12.5. The van der Waals surface area contributed by atoms with E-state index in [2.05, 4.69) is 39.0 Å². The number of fused-ring (bicyclic) bond motifs is 3. The molecule has 0 radical (unpaired) electrons. The second-order valence-electron chi connectivity index (χ2n) is 9.18. The molecule has 2 fully saturated rings. The minimum Gasteiger partial charge on any atom is -0.481 e. The van der Waals surface area contributed by atoms with Gasteiger partial charge < -0.3 is 9.84 Å². The van der Waals surface area contributed by atoms with E-state index in [-0.39, 0.29) is 29.1 Å². The molecule has 5 atom stereocenters. The smallest absolute Gasteiger partial charge is 0.310 e. The summed E-state index contributed by atoms with van der Waals surface area (Å²) in [6.07, 6.45) is 11.1. The van der Waals surface area contributed by atoms with E-state index in [1.165, 1.54) is 6.92 Å². The molecular weight excluding hydrogens is 328 g/mol. The summed E-state index contributed by atoms with van der Waals surface area (Å²) >= 11 is 0. The van der Waals surface area contributed by atoms with Gasteiger partial charge in [0.25, 0.3) is 0 Å². The van der Waals surface area contributed by atoms with Crippen molar-refractivity contribution in [3.05, 3.63) is 23.8 Å². The molecule has 2 saturated carbocycles. The Bertz CT molecular complexity index is 647. The van der Waals surface area contributed by atoms with Crippen molar-refractivity contribution >= 4 is 11.9 Å². The number of carbonyl (C=O) groups excluding carboxylic acids is 1. The molecule has 4 heteroatoms. The van der Waals surface area contributed by atoms with Crippen LogP contribution in [0, 0.1) is 34.5 Å². The predicted octanol–water partition coefficient (Wildman–Crippen LogP) is 4.61. The summed E-state index contributed by atoms with van der Waals surface area (Å²) in [7, 11) is 0. The third-order valence-corrected chi connectivity index (χ3v) is 7.45. The Labute approximate surface area is 156 Å². The maximum atomic E-state index is 12.5. The number of ether oxygens (including phenoxy) is 1. The summed E-state index contributed by atoms with van der Waals surface area (Å²) < 4.78 is 5.16. The van der Waals surface area contributed by atoms with Crippen molar-refractivity contribution in [1.29, 1.82) is 0 Å². The second-order valence-corrected chi connectivity index (χ2v) is 9.18. The van der Waals surface area contributed by atoms with Gasteiger partial charge in [0.15, 0.2) is 0 Å². The van der Waals surface area contributed by atoms with Crippen molar-refractivity contribution in [2.24, 2.45) is 34.5 Å². The molecule has 3 aliphatic carbocycles. The molecule has 0 unspecified atom stereocenters. The number of aliphatic carboxylic acids is 1. The largest absolute Gasteiger partial charge is 0.481 e. The van der Waals surface area contributed by atoms with Crippen LogP contribution in [-0.4, -0.2) is 23.7 Å². The van der Waals surface area contributed by atoms with Crippen LogP contribution in [0.3, 0.4) is 0 Å². The van der Waals surface area contributed by atoms with Crippen LogP contribution in [0.5, 0.6) is 0 Å². The van der Waals surface area contributed by atoms with Gasteiger partial charge in [-0.15, -0.1) is 0 Å². The highest BCUT2D eigenvalue weighted by molar-refractivity contribution is 5.76. The van der Waals surface area contributed by atoms with E-state index in [1.54, 1.807) is 0 Å². The van der Waals surface area contributed by atoms with Crippen LogP contribution in [0.1, 0.15) is 59.8 Å². The molecule has 0 heterocycles. The molecule has 0 saturated heterocycles. The lowest BCUT2D eigenvalue weighted by Crippen LogP contribution is -2.52. The van der Waals surface area contributed by atoms with E-state index >= 15 is 0 Å². The highest BCUT2D eigenvalue weighted by Crippen LogP contribution is 2.65. The first-order chi connectivity index (χ1) is 12.2.